The van der Waals surface area contributed by atoms with E-state index in [0.29, 0.717) is 19.6 Å². The molecule has 0 saturated carbocycles. The second-order valence-electron chi connectivity index (χ2n) is 6.20. The average molecular weight is 353 g/mol. The summed E-state index contributed by atoms with van der Waals surface area (Å²) in [5.41, 5.74) is 1.84. The van der Waals surface area contributed by atoms with Gasteiger partial charge in [0, 0.05) is 25.3 Å². The van der Waals surface area contributed by atoms with Crippen molar-refractivity contribution < 1.29 is 14.3 Å². The van der Waals surface area contributed by atoms with Gasteiger partial charge < -0.3 is 19.9 Å². The van der Waals surface area contributed by atoms with Crippen molar-refractivity contribution in [1.82, 2.24) is 10.2 Å². The summed E-state index contributed by atoms with van der Waals surface area (Å²) in [5, 5.41) is 2.89. The molecule has 6 nitrogen and oxygen atoms in total. The second-order valence-corrected chi connectivity index (χ2v) is 6.20. The monoisotopic (exact) mass is 353 g/mol. The molecule has 0 spiro atoms. The van der Waals surface area contributed by atoms with Gasteiger partial charge in [0.1, 0.15) is 11.8 Å². The molecule has 6 heteroatoms. The average Bonchev–Trinajstić information content (AvgIpc) is 2.69. The number of carbonyl (C=O) groups is 2. The molecule has 3 amide bonds. The number of nitrogens with one attached hydrogen (secondary N) is 1. The lowest BCUT2D eigenvalue weighted by molar-refractivity contribution is -0.124. The maximum absolute atomic E-state index is 12.7. The van der Waals surface area contributed by atoms with E-state index in [-0.39, 0.29) is 11.9 Å². The van der Waals surface area contributed by atoms with Crippen molar-refractivity contribution in [3.63, 3.8) is 0 Å². The van der Waals surface area contributed by atoms with Gasteiger partial charge in [-0.1, -0.05) is 30.3 Å². The standard InChI is InChI=1S/C20H23N3O3/c1-15-19(24)23(17-8-10-18(26-2)11-9-17)13-12-22(15)20(25)21-14-16-6-4-3-5-7-16/h3-11,15H,12-14H2,1-2H3,(H,21,25)/t15-/m1/s1. The summed E-state index contributed by atoms with van der Waals surface area (Å²) in [6.07, 6.45) is 0. The van der Waals surface area contributed by atoms with E-state index in [0.717, 1.165) is 17.0 Å². The molecule has 0 unspecified atom stereocenters. The predicted octanol–water partition coefficient (Wildman–Crippen LogP) is 2.64. The summed E-state index contributed by atoms with van der Waals surface area (Å²) >= 11 is 0. The first-order valence-electron chi connectivity index (χ1n) is 8.64. The number of piperazine rings is 1. The molecule has 0 bridgehead atoms. The molecular formula is C20H23N3O3. The Morgan fingerprint density at radius 3 is 2.46 bits per heavy atom. The van der Waals surface area contributed by atoms with Crippen LogP contribution in [0.3, 0.4) is 0 Å². The van der Waals surface area contributed by atoms with Gasteiger partial charge in [-0.05, 0) is 36.8 Å². The van der Waals surface area contributed by atoms with Crippen LogP contribution in [0.25, 0.3) is 0 Å². The number of carbonyl (C=O) groups excluding carboxylic acids is 2. The van der Waals surface area contributed by atoms with Crippen LogP contribution in [0.1, 0.15) is 12.5 Å². The second kappa shape index (κ2) is 7.91. The third-order valence-corrected chi connectivity index (χ3v) is 4.59. The molecule has 2 aromatic carbocycles. The van der Waals surface area contributed by atoms with Crippen LogP contribution in [0.5, 0.6) is 5.75 Å². The van der Waals surface area contributed by atoms with Gasteiger partial charge in [0.2, 0.25) is 5.91 Å². The van der Waals surface area contributed by atoms with Crippen LogP contribution >= 0.6 is 0 Å². The Hall–Kier alpha value is -3.02. The summed E-state index contributed by atoms with van der Waals surface area (Å²) in [4.78, 5) is 28.5. The van der Waals surface area contributed by atoms with Crippen LogP contribution in [0.15, 0.2) is 54.6 Å². The first-order valence-corrected chi connectivity index (χ1v) is 8.64. The summed E-state index contributed by atoms with van der Waals surface area (Å²) in [7, 11) is 1.61. The van der Waals surface area contributed by atoms with Gasteiger partial charge in [0.15, 0.2) is 0 Å². The zero-order valence-corrected chi connectivity index (χ0v) is 15.0. The molecule has 1 atom stereocenters. The molecule has 0 aliphatic carbocycles. The quantitative estimate of drug-likeness (QED) is 0.919. The maximum Gasteiger partial charge on any atom is 0.318 e. The molecule has 1 fully saturated rings. The van der Waals surface area contributed by atoms with Crippen molar-refractivity contribution in [2.45, 2.75) is 19.5 Å². The van der Waals surface area contributed by atoms with Gasteiger partial charge in [-0.2, -0.15) is 0 Å². The lowest BCUT2D eigenvalue weighted by Crippen LogP contribution is -2.59. The third kappa shape index (κ3) is 3.79. The minimum atomic E-state index is -0.512. The fourth-order valence-corrected chi connectivity index (χ4v) is 3.04. The molecule has 1 saturated heterocycles. The van der Waals surface area contributed by atoms with Gasteiger partial charge in [-0.3, -0.25) is 4.79 Å². The molecule has 1 aliphatic heterocycles. The first kappa shape index (κ1) is 17.8. The van der Waals surface area contributed by atoms with Gasteiger partial charge in [-0.15, -0.1) is 0 Å². The number of hydrogen-bond donors (Lipinski definition) is 1. The van der Waals surface area contributed by atoms with E-state index in [1.807, 2.05) is 54.6 Å². The summed E-state index contributed by atoms with van der Waals surface area (Å²) in [6.45, 7) is 3.16. The lowest BCUT2D eigenvalue weighted by atomic mass is 10.1. The highest BCUT2D eigenvalue weighted by Gasteiger charge is 2.34. The van der Waals surface area contributed by atoms with Crippen LogP contribution in [0.2, 0.25) is 0 Å². The number of benzene rings is 2. The Kier molecular flexibility index (Phi) is 5.41. The largest absolute Gasteiger partial charge is 0.497 e. The third-order valence-electron chi connectivity index (χ3n) is 4.59. The topological polar surface area (TPSA) is 61.9 Å². The van der Waals surface area contributed by atoms with E-state index >= 15 is 0 Å². The number of hydrogen-bond acceptors (Lipinski definition) is 3. The minimum Gasteiger partial charge on any atom is -0.497 e. The minimum absolute atomic E-state index is 0.0868. The molecule has 26 heavy (non-hydrogen) atoms. The highest BCUT2D eigenvalue weighted by atomic mass is 16.5. The highest BCUT2D eigenvalue weighted by molar-refractivity contribution is 6.00. The van der Waals surface area contributed by atoms with E-state index in [1.54, 1.807) is 23.8 Å². The van der Waals surface area contributed by atoms with Crippen LogP contribution in [-0.2, 0) is 11.3 Å². The zero-order valence-electron chi connectivity index (χ0n) is 15.0. The van der Waals surface area contributed by atoms with Crippen LogP contribution in [0, 0.1) is 0 Å². The molecule has 3 rings (SSSR count). The van der Waals surface area contributed by atoms with Crippen LogP contribution in [-0.4, -0.2) is 43.1 Å². The van der Waals surface area contributed by atoms with Crippen LogP contribution in [0.4, 0.5) is 10.5 Å². The van der Waals surface area contributed by atoms with Crippen molar-refractivity contribution in [2.24, 2.45) is 0 Å². The molecule has 2 aromatic rings. The Labute approximate surface area is 153 Å². The van der Waals surface area contributed by atoms with Crippen molar-refractivity contribution in [1.29, 1.82) is 0 Å². The summed E-state index contributed by atoms with van der Waals surface area (Å²) in [5.74, 6) is 0.657. The number of ether oxygens (including phenoxy) is 1. The fraction of sp³-hybridized carbons (Fsp3) is 0.300. The molecule has 1 N–H and O–H groups in total. The van der Waals surface area contributed by atoms with E-state index < -0.39 is 6.04 Å². The van der Waals surface area contributed by atoms with Gasteiger partial charge in [-0.25, -0.2) is 4.79 Å². The Bertz CT molecular complexity index is 762. The van der Waals surface area contributed by atoms with Gasteiger partial charge in [0.25, 0.3) is 0 Å². The van der Waals surface area contributed by atoms with Gasteiger partial charge >= 0.3 is 6.03 Å². The van der Waals surface area contributed by atoms with Crippen LogP contribution < -0.4 is 15.0 Å². The number of anilines is 1. The Balaban J connectivity index is 1.62. The first-order chi connectivity index (χ1) is 12.6. The van der Waals surface area contributed by atoms with E-state index in [4.69, 9.17) is 4.74 Å². The Morgan fingerprint density at radius 2 is 1.81 bits per heavy atom. The molecular weight excluding hydrogens is 330 g/mol. The predicted molar refractivity (Wildman–Crippen MR) is 100 cm³/mol. The number of nitrogens with zero attached hydrogens (tertiary/aromatic N) is 2. The number of urea groups is 1. The van der Waals surface area contributed by atoms with Crippen molar-refractivity contribution in [3.8, 4) is 5.75 Å². The number of rotatable bonds is 4. The zero-order chi connectivity index (χ0) is 18.5. The highest BCUT2D eigenvalue weighted by Crippen LogP contribution is 2.23. The molecule has 136 valence electrons. The molecule has 0 aromatic heterocycles. The smallest absolute Gasteiger partial charge is 0.318 e. The molecule has 1 heterocycles. The van der Waals surface area contributed by atoms with Crippen molar-refractivity contribution in [3.05, 3.63) is 60.2 Å². The number of amides is 3. The molecule has 0 radical (unpaired) electrons. The maximum atomic E-state index is 12.7. The molecule has 1 aliphatic rings. The SMILES string of the molecule is COc1ccc(N2CCN(C(=O)NCc3ccccc3)[C@H](C)C2=O)cc1. The van der Waals surface area contributed by atoms with E-state index in [1.165, 1.54) is 0 Å². The van der Waals surface area contributed by atoms with E-state index in [2.05, 4.69) is 5.32 Å². The van der Waals surface area contributed by atoms with Crippen molar-refractivity contribution in [2.75, 3.05) is 25.1 Å². The van der Waals surface area contributed by atoms with Crippen molar-refractivity contribution >= 4 is 17.6 Å². The number of methoxy groups -OCH3 is 1. The van der Waals surface area contributed by atoms with Gasteiger partial charge in [0.05, 0.1) is 7.11 Å². The Morgan fingerprint density at radius 1 is 1.12 bits per heavy atom. The summed E-state index contributed by atoms with van der Waals surface area (Å²) in [6, 6.07) is 16.3. The lowest BCUT2D eigenvalue weighted by Gasteiger charge is -2.39. The normalized spacial score (nSPS) is 17.2. The fourth-order valence-electron chi connectivity index (χ4n) is 3.04. The summed E-state index contributed by atoms with van der Waals surface area (Å²) < 4.78 is 5.15. The van der Waals surface area contributed by atoms with E-state index in [9.17, 15) is 9.59 Å².